The van der Waals surface area contributed by atoms with E-state index in [1.54, 1.807) is 0 Å². The monoisotopic (exact) mass is 287 g/mol. The molecule has 0 aliphatic heterocycles. The summed E-state index contributed by atoms with van der Waals surface area (Å²) >= 11 is 0. The van der Waals surface area contributed by atoms with Gasteiger partial charge in [0.1, 0.15) is 5.75 Å². The number of hydrogen-bond donors (Lipinski definition) is 1. The summed E-state index contributed by atoms with van der Waals surface area (Å²) in [6, 6.07) is 7.11. The van der Waals surface area contributed by atoms with Gasteiger partial charge in [0.15, 0.2) is 0 Å². The average molecular weight is 287 g/mol. The number of ether oxygens (including phenoxy) is 1. The molecular weight excluding hydrogens is 267 g/mol. The lowest BCUT2D eigenvalue weighted by molar-refractivity contribution is -0.136. The Bertz CT molecular complexity index is 429. The van der Waals surface area contributed by atoms with Gasteiger partial charge in [-0.2, -0.15) is 13.2 Å². The molecule has 0 heterocycles. The normalized spacial score (nSPS) is 17.0. The van der Waals surface area contributed by atoms with Crippen LogP contribution in [0, 0.1) is 0 Å². The van der Waals surface area contributed by atoms with Crippen molar-refractivity contribution in [2.24, 2.45) is 0 Å². The fourth-order valence-electron chi connectivity index (χ4n) is 2.12. The molecule has 0 aromatic heterocycles. The predicted molar refractivity (Wildman–Crippen MR) is 71.8 cm³/mol. The summed E-state index contributed by atoms with van der Waals surface area (Å²) < 4.78 is 42.8. The third-order valence-electron chi connectivity index (χ3n) is 3.25. The van der Waals surface area contributed by atoms with Crippen molar-refractivity contribution < 1.29 is 17.9 Å². The first-order valence-electron chi connectivity index (χ1n) is 7.04. The van der Waals surface area contributed by atoms with Crippen molar-refractivity contribution in [3.63, 3.8) is 0 Å². The third-order valence-corrected chi connectivity index (χ3v) is 3.25. The minimum absolute atomic E-state index is 0.0459. The number of rotatable bonds is 7. The summed E-state index contributed by atoms with van der Waals surface area (Å²) in [4.78, 5) is 0. The molecule has 1 aliphatic carbocycles. The van der Waals surface area contributed by atoms with E-state index in [-0.39, 0.29) is 18.6 Å². The molecule has 1 aromatic carbocycles. The number of halogens is 3. The van der Waals surface area contributed by atoms with Gasteiger partial charge in [-0.3, -0.25) is 0 Å². The number of nitrogens with one attached hydrogen (secondary N) is 1. The SMILES string of the molecule is CCNC(CCC(F)(F)F)c1cccc(OC2CC2)c1. The van der Waals surface area contributed by atoms with Crippen LogP contribution in [-0.4, -0.2) is 18.8 Å². The van der Waals surface area contributed by atoms with Gasteiger partial charge in [0.2, 0.25) is 0 Å². The molecule has 112 valence electrons. The Kier molecular flexibility index (Phi) is 4.91. The van der Waals surface area contributed by atoms with Crippen LogP contribution >= 0.6 is 0 Å². The molecule has 1 atom stereocenters. The molecule has 2 nitrogen and oxygen atoms in total. The van der Waals surface area contributed by atoms with E-state index in [1.807, 2.05) is 31.2 Å². The molecule has 0 radical (unpaired) electrons. The van der Waals surface area contributed by atoms with Crippen LogP contribution in [0.15, 0.2) is 24.3 Å². The molecule has 2 rings (SSSR count). The van der Waals surface area contributed by atoms with Crippen LogP contribution in [0.1, 0.15) is 44.2 Å². The van der Waals surface area contributed by atoms with Gasteiger partial charge in [-0.1, -0.05) is 19.1 Å². The zero-order chi connectivity index (χ0) is 14.6. The smallest absolute Gasteiger partial charge is 0.389 e. The lowest BCUT2D eigenvalue weighted by Crippen LogP contribution is -2.23. The maximum absolute atomic E-state index is 12.4. The maximum Gasteiger partial charge on any atom is 0.389 e. The van der Waals surface area contributed by atoms with Crippen molar-refractivity contribution >= 4 is 0 Å². The first-order valence-corrected chi connectivity index (χ1v) is 7.04. The Morgan fingerprint density at radius 1 is 1.35 bits per heavy atom. The molecule has 1 N–H and O–H groups in total. The highest BCUT2D eigenvalue weighted by atomic mass is 19.4. The van der Waals surface area contributed by atoms with Gasteiger partial charge in [0.05, 0.1) is 6.10 Å². The van der Waals surface area contributed by atoms with Gasteiger partial charge in [0, 0.05) is 12.5 Å². The first kappa shape index (κ1) is 15.2. The first-order chi connectivity index (χ1) is 9.48. The van der Waals surface area contributed by atoms with Crippen LogP contribution in [0.3, 0.4) is 0 Å². The van der Waals surface area contributed by atoms with Crippen LogP contribution < -0.4 is 10.1 Å². The van der Waals surface area contributed by atoms with Crippen LogP contribution in [0.2, 0.25) is 0 Å². The molecule has 1 unspecified atom stereocenters. The van der Waals surface area contributed by atoms with E-state index in [0.29, 0.717) is 6.54 Å². The molecule has 1 fully saturated rings. The largest absolute Gasteiger partial charge is 0.490 e. The third kappa shape index (κ3) is 5.04. The highest BCUT2D eigenvalue weighted by molar-refractivity contribution is 5.31. The topological polar surface area (TPSA) is 21.3 Å². The van der Waals surface area contributed by atoms with Crippen LogP contribution in [-0.2, 0) is 0 Å². The molecule has 0 bridgehead atoms. The molecule has 5 heteroatoms. The second kappa shape index (κ2) is 6.48. The fourth-order valence-corrected chi connectivity index (χ4v) is 2.12. The summed E-state index contributed by atoms with van der Waals surface area (Å²) in [5.41, 5.74) is 0.856. The number of alkyl halides is 3. The zero-order valence-corrected chi connectivity index (χ0v) is 11.5. The predicted octanol–water partition coefficient (Wildman–Crippen LogP) is 4.22. The molecule has 0 spiro atoms. The Morgan fingerprint density at radius 3 is 2.70 bits per heavy atom. The number of hydrogen-bond acceptors (Lipinski definition) is 2. The summed E-state index contributed by atoms with van der Waals surface area (Å²) in [6.07, 6.45) is -2.43. The second-order valence-corrected chi connectivity index (χ2v) is 5.15. The van der Waals surface area contributed by atoms with Crippen LogP contribution in [0.4, 0.5) is 13.2 Å². The molecule has 1 aromatic rings. The van der Waals surface area contributed by atoms with Crippen LogP contribution in [0.5, 0.6) is 5.75 Å². The van der Waals surface area contributed by atoms with E-state index in [0.717, 1.165) is 24.2 Å². The van der Waals surface area contributed by atoms with Gasteiger partial charge in [-0.15, -0.1) is 0 Å². The van der Waals surface area contributed by atoms with Gasteiger partial charge >= 0.3 is 6.18 Å². The Balaban J connectivity index is 2.02. The molecule has 0 saturated heterocycles. The van der Waals surface area contributed by atoms with E-state index < -0.39 is 12.6 Å². The van der Waals surface area contributed by atoms with E-state index in [2.05, 4.69) is 5.32 Å². The average Bonchev–Trinajstić information content (AvgIpc) is 3.17. The number of benzene rings is 1. The molecule has 1 saturated carbocycles. The van der Waals surface area contributed by atoms with E-state index >= 15 is 0 Å². The van der Waals surface area contributed by atoms with E-state index in [9.17, 15) is 13.2 Å². The van der Waals surface area contributed by atoms with Crippen molar-refractivity contribution in [3.05, 3.63) is 29.8 Å². The molecule has 1 aliphatic rings. The van der Waals surface area contributed by atoms with E-state index in [4.69, 9.17) is 4.74 Å². The molecular formula is C15H20F3NO. The van der Waals surface area contributed by atoms with Gasteiger partial charge in [0.25, 0.3) is 0 Å². The van der Waals surface area contributed by atoms with Crippen molar-refractivity contribution in [2.45, 2.75) is 50.9 Å². The molecule has 20 heavy (non-hydrogen) atoms. The quantitative estimate of drug-likeness (QED) is 0.810. The summed E-state index contributed by atoms with van der Waals surface area (Å²) in [6.45, 7) is 2.53. The molecule has 0 amide bonds. The second-order valence-electron chi connectivity index (χ2n) is 5.15. The van der Waals surface area contributed by atoms with Gasteiger partial charge in [-0.05, 0) is 43.5 Å². The minimum atomic E-state index is -4.12. The minimum Gasteiger partial charge on any atom is -0.490 e. The Labute approximate surface area is 117 Å². The highest BCUT2D eigenvalue weighted by Crippen LogP contribution is 2.31. The van der Waals surface area contributed by atoms with Crippen molar-refractivity contribution in [3.8, 4) is 5.75 Å². The van der Waals surface area contributed by atoms with Gasteiger partial charge < -0.3 is 10.1 Å². The lowest BCUT2D eigenvalue weighted by Gasteiger charge is -2.20. The Morgan fingerprint density at radius 2 is 2.10 bits per heavy atom. The lowest BCUT2D eigenvalue weighted by atomic mass is 10.0. The standard InChI is InChI=1S/C15H20F3NO/c1-2-19-14(8-9-15(16,17)18)11-4-3-5-13(10-11)20-12-6-7-12/h3-5,10,12,14,19H,2,6-9H2,1H3. The summed E-state index contributed by atoms with van der Waals surface area (Å²) in [5, 5.41) is 3.11. The fraction of sp³-hybridized carbons (Fsp3) is 0.600. The van der Waals surface area contributed by atoms with Crippen molar-refractivity contribution in [1.29, 1.82) is 0 Å². The van der Waals surface area contributed by atoms with Crippen LogP contribution in [0.25, 0.3) is 0 Å². The Hall–Kier alpha value is -1.23. The zero-order valence-electron chi connectivity index (χ0n) is 11.5. The van der Waals surface area contributed by atoms with Crippen molar-refractivity contribution in [1.82, 2.24) is 5.32 Å². The van der Waals surface area contributed by atoms with Crippen molar-refractivity contribution in [2.75, 3.05) is 6.54 Å². The highest BCUT2D eigenvalue weighted by Gasteiger charge is 2.29. The maximum atomic E-state index is 12.4. The summed E-state index contributed by atoms with van der Waals surface area (Å²) in [7, 11) is 0. The van der Waals surface area contributed by atoms with E-state index in [1.165, 1.54) is 0 Å². The van der Waals surface area contributed by atoms with Gasteiger partial charge in [-0.25, -0.2) is 0 Å². The summed E-state index contributed by atoms with van der Waals surface area (Å²) in [5.74, 6) is 0.750.